The summed E-state index contributed by atoms with van der Waals surface area (Å²) in [5, 5.41) is 14.9. The van der Waals surface area contributed by atoms with E-state index >= 15 is 0 Å². The van der Waals surface area contributed by atoms with Crippen LogP contribution in [-0.2, 0) is 0 Å². The standard InChI is InChI=1S/C12H16N4S2/c1-6(2)13-12-16-15-11(18-12)9-7(3)14-10(17-9)8-4-5-8/h6,8H,4-5H2,1-3H3,(H,13,16). The van der Waals surface area contributed by atoms with Gasteiger partial charge in [-0.25, -0.2) is 4.98 Å². The van der Waals surface area contributed by atoms with Gasteiger partial charge in [0, 0.05) is 12.0 Å². The Kier molecular flexibility index (Phi) is 3.07. The molecule has 2 heterocycles. The lowest BCUT2D eigenvalue weighted by atomic mass is 10.4. The molecule has 0 unspecified atom stereocenters. The Labute approximate surface area is 114 Å². The second-order valence-electron chi connectivity index (χ2n) is 4.95. The molecule has 4 nitrogen and oxygen atoms in total. The molecule has 1 aliphatic carbocycles. The Morgan fingerprint density at radius 1 is 1.22 bits per heavy atom. The first kappa shape index (κ1) is 12.0. The number of aryl methyl sites for hydroxylation is 1. The van der Waals surface area contributed by atoms with Gasteiger partial charge in [0.15, 0.2) is 5.01 Å². The first-order chi connectivity index (χ1) is 8.63. The van der Waals surface area contributed by atoms with Gasteiger partial charge < -0.3 is 5.32 Å². The van der Waals surface area contributed by atoms with Crippen molar-refractivity contribution in [2.45, 2.75) is 45.6 Å². The van der Waals surface area contributed by atoms with E-state index in [0.717, 1.165) is 15.8 Å². The summed E-state index contributed by atoms with van der Waals surface area (Å²) in [4.78, 5) is 5.84. The van der Waals surface area contributed by atoms with Crippen molar-refractivity contribution in [3.8, 4) is 9.88 Å². The van der Waals surface area contributed by atoms with Crippen LogP contribution in [0.3, 0.4) is 0 Å². The van der Waals surface area contributed by atoms with Gasteiger partial charge in [0.25, 0.3) is 0 Å². The van der Waals surface area contributed by atoms with Crippen molar-refractivity contribution in [2.75, 3.05) is 5.32 Å². The summed E-state index contributed by atoms with van der Waals surface area (Å²) >= 11 is 3.40. The lowest BCUT2D eigenvalue weighted by Gasteiger charge is -2.02. The maximum absolute atomic E-state index is 4.66. The van der Waals surface area contributed by atoms with Gasteiger partial charge in [0.1, 0.15) is 0 Å². The van der Waals surface area contributed by atoms with E-state index in [0.29, 0.717) is 12.0 Å². The first-order valence-corrected chi connectivity index (χ1v) is 7.84. The van der Waals surface area contributed by atoms with Gasteiger partial charge in [-0.1, -0.05) is 11.3 Å². The Hall–Kier alpha value is -1.01. The molecular formula is C12H16N4S2. The zero-order chi connectivity index (χ0) is 12.7. The maximum Gasteiger partial charge on any atom is 0.206 e. The second-order valence-corrected chi connectivity index (χ2v) is 6.96. The third kappa shape index (κ3) is 2.40. The molecule has 6 heteroatoms. The van der Waals surface area contributed by atoms with Gasteiger partial charge in [0.2, 0.25) is 5.13 Å². The number of thiazole rings is 1. The van der Waals surface area contributed by atoms with Crippen molar-refractivity contribution in [1.29, 1.82) is 0 Å². The summed E-state index contributed by atoms with van der Waals surface area (Å²) in [6, 6.07) is 0.385. The molecule has 0 aliphatic heterocycles. The van der Waals surface area contributed by atoms with E-state index in [1.165, 1.54) is 22.7 Å². The molecule has 0 radical (unpaired) electrons. The number of anilines is 1. The predicted molar refractivity (Wildman–Crippen MR) is 76.5 cm³/mol. The third-order valence-corrected chi connectivity index (χ3v) is 5.10. The molecule has 96 valence electrons. The van der Waals surface area contributed by atoms with E-state index in [1.54, 1.807) is 22.7 Å². The van der Waals surface area contributed by atoms with Crippen molar-refractivity contribution in [3.05, 3.63) is 10.7 Å². The SMILES string of the molecule is Cc1nc(C2CC2)sc1-c1nnc(NC(C)C)s1. The highest BCUT2D eigenvalue weighted by atomic mass is 32.1. The number of hydrogen-bond donors (Lipinski definition) is 1. The Bertz CT molecular complexity index is 554. The fourth-order valence-corrected chi connectivity index (χ4v) is 3.99. The van der Waals surface area contributed by atoms with Crippen LogP contribution in [-0.4, -0.2) is 21.2 Å². The minimum Gasteiger partial charge on any atom is -0.358 e. The third-order valence-electron chi connectivity index (χ3n) is 2.77. The van der Waals surface area contributed by atoms with Crippen LogP contribution < -0.4 is 5.32 Å². The van der Waals surface area contributed by atoms with Gasteiger partial charge in [0.05, 0.1) is 15.6 Å². The number of rotatable bonds is 4. The highest BCUT2D eigenvalue weighted by Crippen LogP contribution is 2.45. The van der Waals surface area contributed by atoms with Crippen LogP contribution >= 0.6 is 22.7 Å². The summed E-state index contributed by atoms with van der Waals surface area (Å²) in [6.07, 6.45) is 2.59. The molecular weight excluding hydrogens is 264 g/mol. The molecule has 1 aliphatic rings. The Morgan fingerprint density at radius 2 is 2.00 bits per heavy atom. The van der Waals surface area contributed by atoms with Crippen LogP contribution in [0.25, 0.3) is 9.88 Å². The average Bonchev–Trinajstić information content (AvgIpc) is 2.94. The van der Waals surface area contributed by atoms with E-state index in [1.807, 2.05) is 0 Å². The summed E-state index contributed by atoms with van der Waals surface area (Å²) < 4.78 is 0. The molecule has 0 amide bonds. The molecule has 1 N–H and O–H groups in total. The smallest absolute Gasteiger partial charge is 0.206 e. The minimum absolute atomic E-state index is 0.385. The lowest BCUT2D eigenvalue weighted by molar-refractivity contribution is 0.888. The summed E-state index contributed by atoms with van der Waals surface area (Å²) in [7, 11) is 0. The minimum atomic E-state index is 0.385. The van der Waals surface area contributed by atoms with Crippen LogP contribution in [0, 0.1) is 6.92 Å². The molecule has 2 aromatic rings. The number of nitrogens with zero attached hydrogens (tertiary/aromatic N) is 3. The lowest BCUT2D eigenvalue weighted by Crippen LogP contribution is -2.08. The first-order valence-electron chi connectivity index (χ1n) is 6.21. The van der Waals surface area contributed by atoms with Crippen molar-refractivity contribution >= 4 is 27.8 Å². The topological polar surface area (TPSA) is 50.7 Å². The quantitative estimate of drug-likeness (QED) is 0.928. The molecule has 0 atom stereocenters. The van der Waals surface area contributed by atoms with E-state index in [-0.39, 0.29) is 0 Å². The molecule has 0 spiro atoms. The Morgan fingerprint density at radius 3 is 2.67 bits per heavy atom. The van der Waals surface area contributed by atoms with Gasteiger partial charge in [-0.2, -0.15) is 0 Å². The molecule has 0 bridgehead atoms. The average molecular weight is 280 g/mol. The normalized spacial score (nSPS) is 15.3. The van der Waals surface area contributed by atoms with Crippen molar-refractivity contribution < 1.29 is 0 Å². The van der Waals surface area contributed by atoms with Gasteiger partial charge in [-0.05, 0) is 33.6 Å². The molecule has 0 saturated heterocycles. The highest BCUT2D eigenvalue weighted by Gasteiger charge is 2.28. The van der Waals surface area contributed by atoms with Crippen LogP contribution in [0.4, 0.5) is 5.13 Å². The van der Waals surface area contributed by atoms with E-state index < -0.39 is 0 Å². The van der Waals surface area contributed by atoms with Crippen molar-refractivity contribution in [3.63, 3.8) is 0 Å². The van der Waals surface area contributed by atoms with Gasteiger partial charge >= 0.3 is 0 Å². The van der Waals surface area contributed by atoms with Crippen LogP contribution in [0.5, 0.6) is 0 Å². The van der Waals surface area contributed by atoms with E-state index in [9.17, 15) is 0 Å². The largest absolute Gasteiger partial charge is 0.358 e. The molecule has 18 heavy (non-hydrogen) atoms. The molecule has 3 rings (SSSR count). The van der Waals surface area contributed by atoms with Crippen LogP contribution in [0.2, 0.25) is 0 Å². The van der Waals surface area contributed by atoms with Gasteiger partial charge in [-0.3, -0.25) is 0 Å². The predicted octanol–water partition coefficient (Wildman–Crippen LogP) is 3.67. The molecule has 0 aromatic carbocycles. The van der Waals surface area contributed by atoms with Crippen LogP contribution in [0.15, 0.2) is 0 Å². The van der Waals surface area contributed by atoms with Crippen molar-refractivity contribution in [1.82, 2.24) is 15.2 Å². The summed E-state index contributed by atoms with van der Waals surface area (Å²) in [5.74, 6) is 0.712. The molecule has 1 fully saturated rings. The molecule has 1 saturated carbocycles. The second kappa shape index (κ2) is 4.59. The zero-order valence-electron chi connectivity index (χ0n) is 10.7. The fourth-order valence-electron chi connectivity index (χ4n) is 1.74. The maximum atomic E-state index is 4.66. The number of hydrogen-bond acceptors (Lipinski definition) is 6. The van der Waals surface area contributed by atoms with Crippen LogP contribution in [0.1, 0.15) is 43.3 Å². The summed E-state index contributed by atoms with van der Waals surface area (Å²) in [6.45, 7) is 6.27. The monoisotopic (exact) mass is 280 g/mol. The fraction of sp³-hybridized carbons (Fsp3) is 0.583. The summed E-state index contributed by atoms with van der Waals surface area (Å²) in [5.41, 5.74) is 1.09. The number of nitrogens with one attached hydrogen (secondary N) is 1. The molecule has 2 aromatic heterocycles. The van der Waals surface area contributed by atoms with Gasteiger partial charge in [-0.15, -0.1) is 21.5 Å². The highest BCUT2D eigenvalue weighted by molar-refractivity contribution is 7.23. The van der Waals surface area contributed by atoms with E-state index in [4.69, 9.17) is 0 Å². The zero-order valence-corrected chi connectivity index (χ0v) is 12.4. The van der Waals surface area contributed by atoms with Crippen molar-refractivity contribution in [2.24, 2.45) is 0 Å². The Balaban J connectivity index is 1.87. The number of aromatic nitrogens is 3. The van der Waals surface area contributed by atoms with E-state index in [2.05, 4.69) is 41.3 Å².